The average molecular weight is 244 g/mol. The number of carbonyl (C=O) groups excluding carboxylic acids is 1. The number of thiazole rings is 1. The number of esters is 1. The summed E-state index contributed by atoms with van der Waals surface area (Å²) >= 11 is 1.30. The topological polar surface area (TPSA) is 74.4 Å². The van der Waals surface area contributed by atoms with Gasteiger partial charge in [0, 0.05) is 13.0 Å². The molecule has 0 saturated carbocycles. The van der Waals surface area contributed by atoms with Gasteiger partial charge in [-0.2, -0.15) is 0 Å². The van der Waals surface area contributed by atoms with Gasteiger partial charge in [0.25, 0.3) is 0 Å². The fourth-order valence-corrected chi connectivity index (χ4v) is 1.94. The van der Waals surface area contributed by atoms with Gasteiger partial charge in [0.2, 0.25) is 0 Å². The lowest BCUT2D eigenvalue weighted by Crippen LogP contribution is -2.05. The van der Waals surface area contributed by atoms with E-state index in [2.05, 4.69) is 16.6 Å². The van der Waals surface area contributed by atoms with Crippen LogP contribution < -0.4 is 5.73 Å². The third kappa shape index (κ3) is 3.46. The van der Waals surface area contributed by atoms with Crippen LogP contribution >= 0.6 is 11.3 Å². The highest BCUT2D eigenvalue weighted by Crippen LogP contribution is 2.22. The number of aromatic nitrogens is 1. The Labute approximate surface area is 98.6 Å². The summed E-state index contributed by atoms with van der Waals surface area (Å²) in [5.74, 6) is -0.491. The second-order valence-corrected chi connectivity index (χ2v) is 4.29. The summed E-state index contributed by atoms with van der Waals surface area (Å²) in [7, 11) is 1.31. The molecule has 0 amide bonds. The molecule has 6 heteroatoms. The normalized spacial score (nSPS) is 10.4. The summed E-state index contributed by atoms with van der Waals surface area (Å²) in [6.07, 6.45) is 1.67. The molecule has 0 unspecified atom stereocenters. The quantitative estimate of drug-likeness (QED) is 0.606. The third-order valence-electron chi connectivity index (χ3n) is 1.89. The predicted molar refractivity (Wildman–Crippen MR) is 62.7 cm³/mol. The van der Waals surface area contributed by atoms with Crippen molar-refractivity contribution in [2.75, 3.05) is 26.1 Å². The molecule has 16 heavy (non-hydrogen) atoms. The number of ether oxygens (including phenoxy) is 2. The van der Waals surface area contributed by atoms with Crippen molar-refractivity contribution in [1.29, 1.82) is 0 Å². The third-order valence-corrected chi connectivity index (χ3v) is 2.83. The molecule has 0 fully saturated rings. The fourth-order valence-electron chi connectivity index (χ4n) is 1.13. The van der Waals surface area contributed by atoms with Crippen molar-refractivity contribution in [2.24, 2.45) is 0 Å². The average Bonchev–Trinajstić information content (AvgIpc) is 2.65. The standard InChI is InChI=1S/C10H16N2O3S/c1-3-5-15-6-4-7-12-8(9(11)16-7)10(13)14-2/h3-6,11H2,1-2H3. The van der Waals surface area contributed by atoms with E-state index in [0.717, 1.165) is 18.0 Å². The van der Waals surface area contributed by atoms with E-state index < -0.39 is 5.97 Å². The summed E-state index contributed by atoms with van der Waals surface area (Å²) in [5.41, 5.74) is 5.87. The molecule has 1 rings (SSSR count). The van der Waals surface area contributed by atoms with Gasteiger partial charge >= 0.3 is 5.97 Å². The Morgan fingerprint density at radius 1 is 1.50 bits per heavy atom. The van der Waals surface area contributed by atoms with Crippen LogP contribution in [0.25, 0.3) is 0 Å². The van der Waals surface area contributed by atoms with Crippen LogP contribution in [0.2, 0.25) is 0 Å². The van der Waals surface area contributed by atoms with Crippen molar-refractivity contribution in [2.45, 2.75) is 19.8 Å². The van der Waals surface area contributed by atoms with Crippen molar-refractivity contribution in [3.63, 3.8) is 0 Å². The molecule has 0 aliphatic rings. The summed E-state index contributed by atoms with van der Waals surface area (Å²) in [5, 5.41) is 1.20. The summed E-state index contributed by atoms with van der Waals surface area (Å²) in [6.45, 7) is 3.39. The van der Waals surface area contributed by atoms with Crippen molar-refractivity contribution in [3.8, 4) is 0 Å². The first-order valence-electron chi connectivity index (χ1n) is 5.10. The van der Waals surface area contributed by atoms with Gasteiger partial charge in [-0.25, -0.2) is 9.78 Å². The monoisotopic (exact) mass is 244 g/mol. The Balaban J connectivity index is 2.52. The van der Waals surface area contributed by atoms with Crippen LogP contribution in [0.3, 0.4) is 0 Å². The molecule has 1 aromatic heterocycles. The molecule has 0 radical (unpaired) electrons. The van der Waals surface area contributed by atoms with Crippen LogP contribution in [0.5, 0.6) is 0 Å². The largest absolute Gasteiger partial charge is 0.464 e. The van der Waals surface area contributed by atoms with E-state index in [1.807, 2.05) is 0 Å². The van der Waals surface area contributed by atoms with Crippen LogP contribution in [-0.4, -0.2) is 31.3 Å². The van der Waals surface area contributed by atoms with Crippen molar-refractivity contribution < 1.29 is 14.3 Å². The van der Waals surface area contributed by atoms with Gasteiger partial charge in [-0.05, 0) is 6.42 Å². The molecule has 0 spiro atoms. The molecule has 0 atom stereocenters. The zero-order chi connectivity index (χ0) is 12.0. The highest BCUT2D eigenvalue weighted by Gasteiger charge is 2.16. The number of nitrogens with two attached hydrogens (primary N) is 1. The molecular weight excluding hydrogens is 228 g/mol. The summed E-state index contributed by atoms with van der Waals surface area (Å²) < 4.78 is 9.90. The fraction of sp³-hybridized carbons (Fsp3) is 0.600. The molecular formula is C10H16N2O3S. The van der Waals surface area contributed by atoms with Crippen LogP contribution in [0.15, 0.2) is 0 Å². The molecule has 0 saturated heterocycles. The first kappa shape index (κ1) is 12.9. The van der Waals surface area contributed by atoms with Gasteiger partial charge < -0.3 is 15.2 Å². The van der Waals surface area contributed by atoms with Crippen LogP contribution in [0.1, 0.15) is 28.8 Å². The lowest BCUT2D eigenvalue weighted by molar-refractivity contribution is 0.0595. The maximum atomic E-state index is 11.2. The smallest absolute Gasteiger partial charge is 0.359 e. The Hall–Kier alpha value is -1.14. The van der Waals surface area contributed by atoms with Gasteiger partial charge in [-0.3, -0.25) is 0 Å². The molecule has 1 aromatic rings. The predicted octanol–water partition coefficient (Wildman–Crippen LogP) is 1.48. The van der Waals surface area contributed by atoms with Crippen LogP contribution in [0, 0.1) is 0 Å². The zero-order valence-electron chi connectivity index (χ0n) is 9.49. The molecule has 0 bridgehead atoms. The lowest BCUT2D eigenvalue weighted by atomic mass is 10.4. The number of nitrogen functional groups attached to an aromatic ring is 1. The first-order valence-corrected chi connectivity index (χ1v) is 5.92. The van der Waals surface area contributed by atoms with E-state index in [4.69, 9.17) is 10.5 Å². The molecule has 5 nitrogen and oxygen atoms in total. The van der Waals surface area contributed by atoms with Crippen molar-refractivity contribution in [3.05, 3.63) is 10.7 Å². The van der Waals surface area contributed by atoms with Crippen LogP contribution in [0.4, 0.5) is 5.00 Å². The Kier molecular flexibility index (Phi) is 5.21. The first-order chi connectivity index (χ1) is 7.69. The molecule has 0 aliphatic carbocycles. The SMILES string of the molecule is CCCOCCc1nc(C(=O)OC)c(N)s1. The van der Waals surface area contributed by atoms with Gasteiger partial charge in [-0.15, -0.1) is 11.3 Å². The number of anilines is 1. The summed E-state index contributed by atoms with van der Waals surface area (Å²) in [4.78, 5) is 15.4. The molecule has 0 aromatic carbocycles. The number of methoxy groups -OCH3 is 1. The summed E-state index contributed by atoms with van der Waals surface area (Å²) in [6, 6.07) is 0. The highest BCUT2D eigenvalue weighted by molar-refractivity contribution is 7.15. The van der Waals surface area contributed by atoms with Gasteiger partial charge in [-0.1, -0.05) is 6.92 Å². The number of hydrogen-bond acceptors (Lipinski definition) is 6. The maximum absolute atomic E-state index is 11.2. The van der Waals surface area contributed by atoms with E-state index in [-0.39, 0.29) is 5.69 Å². The Morgan fingerprint density at radius 2 is 2.25 bits per heavy atom. The minimum absolute atomic E-state index is 0.206. The highest BCUT2D eigenvalue weighted by atomic mass is 32.1. The van der Waals surface area contributed by atoms with Crippen molar-refractivity contribution in [1.82, 2.24) is 4.98 Å². The van der Waals surface area contributed by atoms with Crippen molar-refractivity contribution >= 4 is 22.3 Å². The van der Waals surface area contributed by atoms with E-state index in [1.54, 1.807) is 0 Å². The minimum Gasteiger partial charge on any atom is -0.464 e. The second kappa shape index (κ2) is 6.44. The molecule has 2 N–H and O–H groups in total. The number of rotatable bonds is 6. The van der Waals surface area contributed by atoms with E-state index in [9.17, 15) is 4.79 Å². The molecule has 0 aliphatic heterocycles. The number of hydrogen-bond donors (Lipinski definition) is 1. The zero-order valence-corrected chi connectivity index (χ0v) is 10.3. The van der Waals surface area contributed by atoms with E-state index in [1.165, 1.54) is 18.4 Å². The second-order valence-electron chi connectivity index (χ2n) is 3.17. The molecule has 90 valence electrons. The minimum atomic E-state index is -0.491. The Bertz CT molecular complexity index is 352. The molecule has 1 heterocycles. The van der Waals surface area contributed by atoms with E-state index >= 15 is 0 Å². The van der Waals surface area contributed by atoms with Crippen LogP contribution in [-0.2, 0) is 15.9 Å². The maximum Gasteiger partial charge on any atom is 0.359 e. The lowest BCUT2D eigenvalue weighted by Gasteiger charge is -1.98. The van der Waals surface area contributed by atoms with Gasteiger partial charge in [0.1, 0.15) is 5.00 Å². The van der Waals surface area contributed by atoms with Gasteiger partial charge in [0.05, 0.1) is 18.7 Å². The number of nitrogens with zero attached hydrogens (tertiary/aromatic N) is 1. The van der Waals surface area contributed by atoms with E-state index in [0.29, 0.717) is 18.0 Å². The van der Waals surface area contributed by atoms with Gasteiger partial charge in [0.15, 0.2) is 5.69 Å². The number of carbonyl (C=O) groups is 1. The Morgan fingerprint density at radius 3 is 2.88 bits per heavy atom.